The monoisotopic (exact) mass is 536 g/mol. The molecule has 38 heavy (non-hydrogen) atoms. The van der Waals surface area contributed by atoms with Crippen LogP contribution in [0.1, 0.15) is 49.4 Å². The number of carbonyl (C=O) groups excluding carboxylic acids is 2. The van der Waals surface area contributed by atoms with Gasteiger partial charge in [-0.15, -0.1) is 0 Å². The molecule has 0 atom stereocenters. The lowest BCUT2D eigenvalue weighted by atomic mass is 9.96. The highest BCUT2D eigenvalue weighted by Crippen LogP contribution is 2.35. The van der Waals surface area contributed by atoms with E-state index in [2.05, 4.69) is 4.74 Å². The van der Waals surface area contributed by atoms with Crippen molar-refractivity contribution in [2.24, 2.45) is 5.92 Å². The summed E-state index contributed by atoms with van der Waals surface area (Å²) in [4.78, 5) is 26.7. The second-order valence-electron chi connectivity index (χ2n) is 9.73. The van der Waals surface area contributed by atoms with Crippen LogP contribution in [0.2, 0.25) is 0 Å². The van der Waals surface area contributed by atoms with Crippen LogP contribution in [0.3, 0.4) is 0 Å². The quantitative estimate of drug-likeness (QED) is 0.353. The Balaban J connectivity index is 0.00000118. The summed E-state index contributed by atoms with van der Waals surface area (Å²) >= 11 is 0. The first-order valence-electron chi connectivity index (χ1n) is 12.9. The zero-order valence-corrected chi connectivity index (χ0v) is 22.9. The van der Waals surface area contributed by atoms with E-state index in [1.165, 1.54) is 6.07 Å². The first-order valence-corrected chi connectivity index (χ1v) is 12.9. The van der Waals surface area contributed by atoms with Crippen LogP contribution in [-0.4, -0.2) is 57.5 Å². The van der Waals surface area contributed by atoms with Gasteiger partial charge >= 0.3 is 6.18 Å². The van der Waals surface area contributed by atoms with E-state index in [1.54, 1.807) is 37.3 Å². The summed E-state index contributed by atoms with van der Waals surface area (Å²) in [6, 6.07) is 9.79. The fraction of sp³-hybridized carbons (Fsp3) is 0.517. The molecule has 0 spiro atoms. The molecule has 2 aromatic rings. The van der Waals surface area contributed by atoms with E-state index in [1.807, 2.05) is 37.8 Å². The number of hydrogen-bond donors (Lipinski definition) is 0. The molecule has 1 heterocycles. The molecule has 0 aliphatic carbocycles. The SMILES string of the molecule is CC(C)Cc1ccc(COc2ccc3c(c2)CCN3C(=O)CN(C)CCC=O)cc1C(F)(F)F.CCOC. The second kappa shape index (κ2) is 14.9. The number of anilines is 1. The van der Waals surface area contributed by atoms with Crippen LogP contribution in [0.4, 0.5) is 18.9 Å². The number of fused-ring (bicyclic) bond motifs is 1. The van der Waals surface area contributed by atoms with Gasteiger partial charge in [0.15, 0.2) is 0 Å². The number of alkyl halides is 3. The molecule has 0 radical (unpaired) electrons. The number of methoxy groups -OCH3 is 1. The van der Waals surface area contributed by atoms with Gasteiger partial charge in [-0.1, -0.05) is 26.0 Å². The van der Waals surface area contributed by atoms with E-state index in [0.29, 0.717) is 49.2 Å². The van der Waals surface area contributed by atoms with Crippen LogP contribution >= 0.6 is 0 Å². The van der Waals surface area contributed by atoms with Crippen molar-refractivity contribution in [2.75, 3.05) is 45.3 Å². The van der Waals surface area contributed by atoms with E-state index < -0.39 is 11.7 Å². The van der Waals surface area contributed by atoms with E-state index in [-0.39, 0.29) is 25.0 Å². The maximum Gasteiger partial charge on any atom is 0.416 e. The molecule has 1 aliphatic heterocycles. The van der Waals surface area contributed by atoms with Crippen LogP contribution in [0.25, 0.3) is 0 Å². The summed E-state index contributed by atoms with van der Waals surface area (Å²) in [6.07, 6.45) is -2.16. The van der Waals surface area contributed by atoms with Gasteiger partial charge in [-0.25, -0.2) is 0 Å². The smallest absolute Gasteiger partial charge is 0.416 e. The minimum atomic E-state index is -4.41. The number of carbonyl (C=O) groups is 2. The van der Waals surface area contributed by atoms with Crippen molar-refractivity contribution in [3.05, 3.63) is 58.7 Å². The third-order valence-electron chi connectivity index (χ3n) is 6.08. The highest BCUT2D eigenvalue weighted by molar-refractivity contribution is 5.96. The first-order chi connectivity index (χ1) is 18.0. The molecule has 9 heteroatoms. The lowest BCUT2D eigenvalue weighted by Crippen LogP contribution is -2.38. The second-order valence-corrected chi connectivity index (χ2v) is 9.73. The molecular weight excluding hydrogens is 497 g/mol. The summed E-state index contributed by atoms with van der Waals surface area (Å²) in [5.74, 6) is 0.635. The third kappa shape index (κ3) is 9.44. The lowest BCUT2D eigenvalue weighted by molar-refractivity contribution is -0.138. The molecule has 0 unspecified atom stereocenters. The van der Waals surface area contributed by atoms with Crippen molar-refractivity contribution in [3.8, 4) is 5.75 Å². The van der Waals surface area contributed by atoms with E-state index in [4.69, 9.17) is 4.74 Å². The van der Waals surface area contributed by atoms with Crippen molar-refractivity contribution in [2.45, 2.75) is 52.8 Å². The maximum absolute atomic E-state index is 13.5. The van der Waals surface area contributed by atoms with Gasteiger partial charge < -0.3 is 19.2 Å². The molecule has 0 N–H and O–H groups in total. The van der Waals surface area contributed by atoms with Crippen LogP contribution in [0.5, 0.6) is 5.75 Å². The van der Waals surface area contributed by atoms with Gasteiger partial charge in [0, 0.05) is 38.9 Å². The summed E-state index contributed by atoms with van der Waals surface area (Å²) in [5, 5.41) is 0. The molecule has 1 aliphatic rings. The van der Waals surface area contributed by atoms with Gasteiger partial charge in [-0.05, 0) is 73.7 Å². The molecule has 0 aromatic heterocycles. The van der Waals surface area contributed by atoms with Crippen LogP contribution in [0, 0.1) is 5.92 Å². The summed E-state index contributed by atoms with van der Waals surface area (Å²) in [7, 11) is 3.48. The number of rotatable bonds is 11. The van der Waals surface area contributed by atoms with Crippen LogP contribution in [0.15, 0.2) is 36.4 Å². The molecule has 0 saturated heterocycles. The minimum Gasteiger partial charge on any atom is -0.489 e. The van der Waals surface area contributed by atoms with Crippen molar-refractivity contribution in [3.63, 3.8) is 0 Å². The first kappa shape index (κ1) is 31.3. The van der Waals surface area contributed by atoms with Crippen molar-refractivity contribution < 1.29 is 32.2 Å². The molecule has 3 rings (SSSR count). The highest BCUT2D eigenvalue weighted by atomic mass is 19.4. The Labute approximate surface area is 223 Å². The Morgan fingerprint density at radius 2 is 1.89 bits per heavy atom. The Hall–Kier alpha value is -2.91. The average molecular weight is 537 g/mol. The van der Waals surface area contributed by atoms with E-state index in [0.717, 1.165) is 24.1 Å². The van der Waals surface area contributed by atoms with E-state index >= 15 is 0 Å². The predicted molar refractivity (Wildman–Crippen MR) is 143 cm³/mol. The van der Waals surface area contributed by atoms with Gasteiger partial charge in [0.1, 0.15) is 18.6 Å². The number of halogens is 3. The summed E-state index contributed by atoms with van der Waals surface area (Å²) < 4.78 is 51.0. The minimum absolute atomic E-state index is 0.0218. The molecule has 2 aromatic carbocycles. The number of likely N-dealkylation sites (N-methyl/N-ethyl adjacent to an activating group) is 1. The molecule has 1 amide bonds. The predicted octanol–water partition coefficient (Wildman–Crippen LogP) is 5.55. The molecule has 0 saturated carbocycles. The zero-order chi connectivity index (χ0) is 28.3. The Morgan fingerprint density at radius 1 is 1.18 bits per heavy atom. The number of nitrogens with zero attached hydrogens (tertiary/aromatic N) is 2. The Kier molecular flexibility index (Phi) is 12.3. The van der Waals surface area contributed by atoms with Crippen LogP contribution in [-0.2, 0) is 40.0 Å². The van der Waals surface area contributed by atoms with Crippen molar-refractivity contribution in [1.82, 2.24) is 4.90 Å². The zero-order valence-electron chi connectivity index (χ0n) is 22.9. The molecule has 0 fully saturated rings. The third-order valence-corrected chi connectivity index (χ3v) is 6.08. The van der Waals surface area contributed by atoms with Gasteiger partial charge in [0.25, 0.3) is 0 Å². The number of hydrogen-bond acceptors (Lipinski definition) is 5. The number of amides is 1. The number of ether oxygens (including phenoxy) is 2. The Morgan fingerprint density at radius 3 is 2.50 bits per heavy atom. The fourth-order valence-electron chi connectivity index (χ4n) is 4.16. The Bertz CT molecular complexity index is 1050. The highest BCUT2D eigenvalue weighted by Gasteiger charge is 2.33. The summed E-state index contributed by atoms with van der Waals surface area (Å²) in [6.45, 7) is 7.90. The molecule has 210 valence electrons. The fourth-order valence-corrected chi connectivity index (χ4v) is 4.16. The molecular formula is C29H39F3N2O4. The number of benzene rings is 2. The summed E-state index contributed by atoms with van der Waals surface area (Å²) in [5.41, 5.74) is 1.92. The molecule has 6 nitrogen and oxygen atoms in total. The van der Waals surface area contributed by atoms with Crippen molar-refractivity contribution >= 4 is 17.9 Å². The maximum atomic E-state index is 13.5. The normalized spacial score (nSPS) is 12.8. The largest absolute Gasteiger partial charge is 0.489 e. The van der Waals surface area contributed by atoms with Gasteiger partial charge in [-0.2, -0.15) is 13.2 Å². The van der Waals surface area contributed by atoms with Gasteiger partial charge in [0.05, 0.1) is 12.1 Å². The van der Waals surface area contributed by atoms with Gasteiger partial charge in [-0.3, -0.25) is 9.69 Å². The van der Waals surface area contributed by atoms with Gasteiger partial charge in [0.2, 0.25) is 5.91 Å². The lowest BCUT2D eigenvalue weighted by Gasteiger charge is -2.21. The standard InChI is InChI=1S/C26H31F3N2O3.C3H8O/c1-18(2)13-20-6-5-19(14-23(20)26(27,28)29)17-34-22-7-8-24-21(15-22)9-11-31(24)25(33)16-30(3)10-4-12-32;1-3-4-2/h5-8,12,14-15,18H,4,9-11,13,16-17H2,1-3H3;3H2,1-2H3. The van der Waals surface area contributed by atoms with E-state index in [9.17, 15) is 22.8 Å². The van der Waals surface area contributed by atoms with Crippen LogP contribution < -0.4 is 9.64 Å². The number of aldehydes is 1. The van der Waals surface area contributed by atoms with Crippen molar-refractivity contribution in [1.29, 1.82) is 0 Å². The average Bonchev–Trinajstić information content (AvgIpc) is 3.29. The molecule has 0 bridgehead atoms. The topological polar surface area (TPSA) is 59.1 Å².